The highest BCUT2D eigenvalue weighted by Crippen LogP contribution is 2.33. The second-order valence-corrected chi connectivity index (χ2v) is 5.72. The second-order valence-electron chi connectivity index (χ2n) is 5.72. The molecule has 118 valence electrons. The molecule has 1 aliphatic rings. The SMILES string of the molecule is COc1ccc(C(O)C2CN(C)CCCN2C)c(OC)c1. The molecule has 2 rings (SSSR count). The second kappa shape index (κ2) is 7.11. The highest BCUT2D eigenvalue weighted by molar-refractivity contribution is 5.42. The lowest BCUT2D eigenvalue weighted by atomic mass is 9.99. The van der Waals surface area contributed by atoms with E-state index in [0.29, 0.717) is 5.75 Å². The first-order valence-electron chi connectivity index (χ1n) is 7.35. The fourth-order valence-electron chi connectivity index (χ4n) is 2.92. The number of benzene rings is 1. The Kier molecular flexibility index (Phi) is 5.45. The van der Waals surface area contributed by atoms with Crippen molar-refractivity contribution in [3.05, 3.63) is 23.8 Å². The van der Waals surface area contributed by atoms with Crippen LogP contribution in [0.15, 0.2) is 18.2 Å². The third-order valence-electron chi connectivity index (χ3n) is 4.24. The molecule has 1 saturated heterocycles. The molecule has 1 fully saturated rings. The van der Waals surface area contributed by atoms with Gasteiger partial charge in [0.05, 0.1) is 26.4 Å². The number of likely N-dealkylation sites (N-methyl/N-ethyl adjacent to an activating group) is 2. The maximum atomic E-state index is 10.8. The predicted octanol–water partition coefficient (Wildman–Crippen LogP) is 1.37. The van der Waals surface area contributed by atoms with E-state index >= 15 is 0 Å². The van der Waals surface area contributed by atoms with E-state index in [9.17, 15) is 5.11 Å². The summed E-state index contributed by atoms with van der Waals surface area (Å²) in [6.07, 6.45) is 0.534. The summed E-state index contributed by atoms with van der Waals surface area (Å²) in [5, 5.41) is 10.8. The number of nitrogens with zero attached hydrogens (tertiary/aromatic N) is 2. The Morgan fingerprint density at radius 2 is 1.95 bits per heavy atom. The average molecular weight is 294 g/mol. The summed E-state index contributed by atoms with van der Waals surface area (Å²) in [4.78, 5) is 4.51. The number of aliphatic hydroxyl groups excluding tert-OH is 1. The first-order valence-corrected chi connectivity index (χ1v) is 7.35. The molecule has 5 nitrogen and oxygen atoms in total. The zero-order chi connectivity index (χ0) is 15.4. The summed E-state index contributed by atoms with van der Waals surface area (Å²) >= 11 is 0. The van der Waals surface area contributed by atoms with Crippen molar-refractivity contribution in [1.29, 1.82) is 0 Å². The van der Waals surface area contributed by atoms with Crippen LogP contribution in [0.3, 0.4) is 0 Å². The largest absolute Gasteiger partial charge is 0.497 e. The first-order chi connectivity index (χ1) is 10.1. The minimum atomic E-state index is -0.587. The van der Waals surface area contributed by atoms with Crippen LogP contribution in [0.25, 0.3) is 0 Å². The van der Waals surface area contributed by atoms with Gasteiger partial charge in [-0.1, -0.05) is 0 Å². The molecule has 1 N–H and O–H groups in total. The quantitative estimate of drug-likeness (QED) is 0.909. The number of rotatable bonds is 4. The summed E-state index contributed by atoms with van der Waals surface area (Å²) in [5.41, 5.74) is 0.811. The Bertz CT molecular complexity index is 467. The molecule has 5 heteroatoms. The Morgan fingerprint density at radius 3 is 2.62 bits per heavy atom. The maximum Gasteiger partial charge on any atom is 0.128 e. The van der Waals surface area contributed by atoms with Crippen LogP contribution in [-0.4, -0.2) is 68.9 Å². The van der Waals surface area contributed by atoms with Crippen molar-refractivity contribution in [2.75, 3.05) is 47.9 Å². The third-order valence-corrected chi connectivity index (χ3v) is 4.24. The van der Waals surface area contributed by atoms with Gasteiger partial charge in [0.15, 0.2) is 0 Å². The van der Waals surface area contributed by atoms with E-state index < -0.39 is 6.10 Å². The third kappa shape index (κ3) is 3.67. The summed E-state index contributed by atoms with van der Waals surface area (Å²) in [6, 6.07) is 5.63. The Balaban J connectivity index is 2.27. The molecule has 1 aliphatic heterocycles. The van der Waals surface area contributed by atoms with E-state index in [2.05, 4.69) is 23.9 Å². The molecule has 1 heterocycles. The number of hydrogen-bond acceptors (Lipinski definition) is 5. The number of ether oxygens (including phenoxy) is 2. The van der Waals surface area contributed by atoms with E-state index in [1.165, 1.54) is 0 Å². The van der Waals surface area contributed by atoms with Crippen LogP contribution >= 0.6 is 0 Å². The van der Waals surface area contributed by atoms with E-state index in [0.717, 1.165) is 37.4 Å². The molecular formula is C16H26N2O3. The summed E-state index contributed by atoms with van der Waals surface area (Å²) in [6.45, 7) is 2.89. The number of methoxy groups -OCH3 is 2. The molecule has 21 heavy (non-hydrogen) atoms. The summed E-state index contributed by atoms with van der Waals surface area (Å²) < 4.78 is 10.6. The first kappa shape index (κ1) is 16.1. The van der Waals surface area contributed by atoms with Gasteiger partial charge in [-0.15, -0.1) is 0 Å². The Labute approximate surface area is 127 Å². The van der Waals surface area contributed by atoms with Crippen molar-refractivity contribution < 1.29 is 14.6 Å². The molecular weight excluding hydrogens is 268 g/mol. The van der Waals surface area contributed by atoms with Gasteiger partial charge >= 0.3 is 0 Å². The summed E-state index contributed by atoms with van der Waals surface area (Å²) in [7, 11) is 7.42. The fraction of sp³-hybridized carbons (Fsp3) is 0.625. The molecule has 1 aromatic rings. The molecule has 0 aromatic heterocycles. The normalized spacial score (nSPS) is 22.6. The average Bonchev–Trinajstić information content (AvgIpc) is 2.67. The highest BCUT2D eigenvalue weighted by atomic mass is 16.5. The minimum Gasteiger partial charge on any atom is -0.497 e. The molecule has 0 bridgehead atoms. The standard InChI is InChI=1S/C16H26N2O3/c1-17-8-5-9-18(2)14(11-17)16(19)13-7-6-12(20-3)10-15(13)21-4/h6-7,10,14,16,19H,5,8-9,11H2,1-4H3. The van der Waals surface area contributed by atoms with Gasteiger partial charge in [0.25, 0.3) is 0 Å². The van der Waals surface area contributed by atoms with E-state index in [1.54, 1.807) is 14.2 Å². The van der Waals surface area contributed by atoms with Crippen LogP contribution in [0, 0.1) is 0 Å². The number of aliphatic hydroxyl groups is 1. The molecule has 0 amide bonds. The van der Waals surface area contributed by atoms with Crippen LogP contribution in [0.2, 0.25) is 0 Å². The molecule has 2 atom stereocenters. The predicted molar refractivity (Wildman–Crippen MR) is 83.0 cm³/mol. The van der Waals surface area contributed by atoms with Gasteiger partial charge in [-0.25, -0.2) is 0 Å². The lowest BCUT2D eigenvalue weighted by Crippen LogP contribution is -2.42. The van der Waals surface area contributed by atoms with Crippen LogP contribution < -0.4 is 9.47 Å². The van der Waals surface area contributed by atoms with Gasteiger partial charge in [0.1, 0.15) is 11.5 Å². The van der Waals surface area contributed by atoms with Crippen LogP contribution in [0.1, 0.15) is 18.1 Å². The van der Waals surface area contributed by atoms with Gasteiger partial charge in [-0.2, -0.15) is 0 Å². The molecule has 2 unspecified atom stereocenters. The number of hydrogen-bond donors (Lipinski definition) is 1. The monoisotopic (exact) mass is 294 g/mol. The smallest absolute Gasteiger partial charge is 0.128 e. The highest BCUT2D eigenvalue weighted by Gasteiger charge is 2.30. The molecule has 0 saturated carbocycles. The Morgan fingerprint density at radius 1 is 1.19 bits per heavy atom. The van der Waals surface area contributed by atoms with Crippen molar-refractivity contribution in [3.8, 4) is 11.5 Å². The lowest BCUT2D eigenvalue weighted by molar-refractivity contribution is 0.0555. The van der Waals surface area contributed by atoms with E-state index in [4.69, 9.17) is 9.47 Å². The van der Waals surface area contributed by atoms with Gasteiger partial charge in [-0.3, -0.25) is 4.90 Å². The van der Waals surface area contributed by atoms with Crippen molar-refractivity contribution in [3.63, 3.8) is 0 Å². The zero-order valence-electron chi connectivity index (χ0n) is 13.4. The van der Waals surface area contributed by atoms with Crippen molar-refractivity contribution in [1.82, 2.24) is 9.80 Å². The van der Waals surface area contributed by atoms with Gasteiger partial charge in [0, 0.05) is 18.2 Å². The Hall–Kier alpha value is -1.30. The van der Waals surface area contributed by atoms with Crippen LogP contribution in [0.4, 0.5) is 0 Å². The summed E-state index contributed by atoms with van der Waals surface area (Å²) in [5.74, 6) is 1.40. The topological polar surface area (TPSA) is 45.2 Å². The molecule has 1 aromatic carbocycles. The lowest BCUT2D eigenvalue weighted by Gasteiger charge is -2.32. The molecule has 0 aliphatic carbocycles. The van der Waals surface area contributed by atoms with Crippen molar-refractivity contribution in [2.24, 2.45) is 0 Å². The molecule has 0 radical (unpaired) electrons. The maximum absolute atomic E-state index is 10.8. The van der Waals surface area contributed by atoms with Gasteiger partial charge in [-0.05, 0) is 45.7 Å². The fourth-order valence-corrected chi connectivity index (χ4v) is 2.92. The van der Waals surface area contributed by atoms with Gasteiger partial charge in [0.2, 0.25) is 0 Å². The van der Waals surface area contributed by atoms with Crippen molar-refractivity contribution >= 4 is 0 Å². The molecule has 0 spiro atoms. The minimum absolute atomic E-state index is 0.0554. The zero-order valence-corrected chi connectivity index (χ0v) is 13.4. The van der Waals surface area contributed by atoms with Crippen LogP contribution in [-0.2, 0) is 0 Å². The van der Waals surface area contributed by atoms with Crippen molar-refractivity contribution in [2.45, 2.75) is 18.6 Å². The van der Waals surface area contributed by atoms with Gasteiger partial charge < -0.3 is 19.5 Å². The van der Waals surface area contributed by atoms with Crippen LogP contribution in [0.5, 0.6) is 11.5 Å². The van der Waals surface area contributed by atoms with E-state index in [1.807, 2.05) is 18.2 Å². The van der Waals surface area contributed by atoms with E-state index in [-0.39, 0.29) is 6.04 Å².